The third kappa shape index (κ3) is 5.71. The fraction of sp³-hybridized carbons (Fsp3) is 0.429. The number of halogens is 1. The van der Waals surface area contributed by atoms with E-state index >= 15 is 0 Å². The molecule has 5 nitrogen and oxygen atoms in total. The third-order valence-electron chi connectivity index (χ3n) is 2.70. The van der Waals surface area contributed by atoms with Crippen molar-refractivity contribution in [1.82, 2.24) is 5.32 Å². The van der Waals surface area contributed by atoms with Crippen LogP contribution in [0.25, 0.3) is 0 Å². The molecule has 1 aromatic carbocycles. The molecule has 0 aliphatic carbocycles. The lowest BCUT2D eigenvalue weighted by atomic mass is 10.2. The minimum absolute atomic E-state index is 0.149. The summed E-state index contributed by atoms with van der Waals surface area (Å²) in [6.07, 6.45) is 2.27. The second kappa shape index (κ2) is 8.71. The van der Waals surface area contributed by atoms with Gasteiger partial charge in [0.1, 0.15) is 0 Å². The summed E-state index contributed by atoms with van der Waals surface area (Å²) >= 11 is 3.34. The first-order chi connectivity index (χ1) is 9.54. The largest absolute Gasteiger partial charge is 0.396 e. The molecule has 2 amide bonds. The average Bonchev–Trinajstić information content (AvgIpc) is 2.41. The molecule has 0 saturated heterocycles. The summed E-state index contributed by atoms with van der Waals surface area (Å²) in [6.45, 7) is 2.52. The van der Waals surface area contributed by atoms with Crippen LogP contribution in [-0.4, -0.2) is 30.1 Å². The Morgan fingerprint density at radius 2 is 1.95 bits per heavy atom. The van der Waals surface area contributed by atoms with E-state index in [-0.39, 0.29) is 6.61 Å². The summed E-state index contributed by atoms with van der Waals surface area (Å²) in [6, 6.07) is 5.46. The second-order valence-corrected chi connectivity index (χ2v) is 5.33. The molecule has 0 spiro atoms. The Hall–Kier alpha value is -1.40. The zero-order valence-corrected chi connectivity index (χ0v) is 13.0. The maximum Gasteiger partial charge on any atom is 0.313 e. The van der Waals surface area contributed by atoms with Gasteiger partial charge in [-0.15, -0.1) is 0 Å². The maximum atomic E-state index is 11.7. The fourth-order valence-electron chi connectivity index (χ4n) is 1.60. The third-order valence-corrected chi connectivity index (χ3v) is 3.36. The Labute approximate surface area is 126 Å². The highest BCUT2D eigenvalue weighted by Crippen LogP contribution is 2.23. The number of aliphatic hydroxyl groups is 1. The van der Waals surface area contributed by atoms with Crippen molar-refractivity contribution >= 4 is 33.4 Å². The highest BCUT2D eigenvalue weighted by atomic mass is 79.9. The lowest BCUT2D eigenvalue weighted by molar-refractivity contribution is -0.136. The number of hydrogen-bond donors (Lipinski definition) is 3. The molecule has 110 valence electrons. The quantitative estimate of drug-likeness (QED) is 0.546. The van der Waals surface area contributed by atoms with E-state index in [9.17, 15) is 9.59 Å². The molecule has 1 rings (SSSR count). The van der Waals surface area contributed by atoms with Crippen molar-refractivity contribution in [2.24, 2.45) is 0 Å². The van der Waals surface area contributed by atoms with E-state index in [0.29, 0.717) is 18.7 Å². The van der Waals surface area contributed by atoms with Crippen molar-refractivity contribution in [2.75, 3.05) is 18.5 Å². The number of amides is 2. The Morgan fingerprint density at radius 3 is 2.60 bits per heavy atom. The summed E-state index contributed by atoms with van der Waals surface area (Å²) in [5.41, 5.74) is 1.62. The van der Waals surface area contributed by atoms with Crippen LogP contribution in [0.5, 0.6) is 0 Å². The number of carbonyl (C=O) groups is 2. The van der Waals surface area contributed by atoms with Crippen LogP contribution >= 0.6 is 15.9 Å². The zero-order chi connectivity index (χ0) is 15.0. The Kier molecular flexibility index (Phi) is 7.25. The topological polar surface area (TPSA) is 78.4 Å². The van der Waals surface area contributed by atoms with E-state index < -0.39 is 11.8 Å². The van der Waals surface area contributed by atoms with Gasteiger partial charge >= 0.3 is 11.8 Å². The molecule has 0 aromatic heterocycles. The number of carbonyl (C=O) groups excluding carboxylic acids is 2. The van der Waals surface area contributed by atoms with Crippen LogP contribution in [0.2, 0.25) is 0 Å². The molecule has 0 heterocycles. The first kappa shape index (κ1) is 16.7. The average molecular weight is 343 g/mol. The molecule has 0 bridgehead atoms. The molecule has 6 heteroatoms. The number of rotatable bonds is 6. The Balaban J connectivity index is 2.39. The number of hydrogen-bond acceptors (Lipinski definition) is 3. The molecule has 0 aliphatic rings. The van der Waals surface area contributed by atoms with Crippen LogP contribution in [0.4, 0.5) is 5.69 Å². The van der Waals surface area contributed by atoms with Crippen LogP contribution < -0.4 is 10.6 Å². The summed E-state index contributed by atoms with van der Waals surface area (Å²) in [4.78, 5) is 23.3. The fourth-order valence-corrected chi connectivity index (χ4v) is 2.19. The van der Waals surface area contributed by atoms with Crippen molar-refractivity contribution in [3.8, 4) is 0 Å². The number of unbranched alkanes of at least 4 members (excludes halogenated alkanes) is 2. The molecule has 0 aliphatic heterocycles. The number of benzene rings is 1. The summed E-state index contributed by atoms with van der Waals surface area (Å²) in [5.74, 6) is -1.34. The van der Waals surface area contributed by atoms with Crippen molar-refractivity contribution in [1.29, 1.82) is 0 Å². The van der Waals surface area contributed by atoms with Gasteiger partial charge in [-0.1, -0.05) is 6.07 Å². The number of nitrogens with one attached hydrogen (secondary N) is 2. The summed E-state index contributed by atoms with van der Waals surface area (Å²) < 4.78 is 0.738. The van der Waals surface area contributed by atoms with Gasteiger partial charge in [0.05, 0.1) is 5.69 Å². The van der Waals surface area contributed by atoms with Gasteiger partial charge in [0.15, 0.2) is 0 Å². The van der Waals surface area contributed by atoms with Crippen molar-refractivity contribution < 1.29 is 14.7 Å². The number of anilines is 1. The summed E-state index contributed by atoms with van der Waals surface area (Å²) in [7, 11) is 0. The van der Waals surface area contributed by atoms with E-state index in [2.05, 4.69) is 26.6 Å². The molecule has 0 fully saturated rings. The van der Waals surface area contributed by atoms with Crippen molar-refractivity contribution in [2.45, 2.75) is 26.2 Å². The molecule has 0 unspecified atom stereocenters. The highest BCUT2D eigenvalue weighted by molar-refractivity contribution is 9.10. The smallest absolute Gasteiger partial charge is 0.313 e. The van der Waals surface area contributed by atoms with Gasteiger partial charge in [0.2, 0.25) is 0 Å². The zero-order valence-electron chi connectivity index (χ0n) is 11.4. The Morgan fingerprint density at radius 1 is 1.20 bits per heavy atom. The molecule has 20 heavy (non-hydrogen) atoms. The molecule has 0 radical (unpaired) electrons. The van der Waals surface area contributed by atoms with E-state index in [0.717, 1.165) is 22.9 Å². The van der Waals surface area contributed by atoms with E-state index in [1.807, 2.05) is 19.1 Å². The van der Waals surface area contributed by atoms with Crippen molar-refractivity contribution in [3.05, 3.63) is 28.2 Å². The molecule has 0 saturated carbocycles. The maximum absolute atomic E-state index is 11.7. The van der Waals surface area contributed by atoms with Gasteiger partial charge in [-0.2, -0.15) is 0 Å². The van der Waals surface area contributed by atoms with Crippen LogP contribution in [-0.2, 0) is 9.59 Å². The minimum Gasteiger partial charge on any atom is -0.396 e. The van der Waals surface area contributed by atoms with E-state index in [4.69, 9.17) is 5.11 Å². The SMILES string of the molecule is Cc1ccc(NC(=O)C(=O)NCCCCCO)c(Br)c1. The normalized spacial score (nSPS) is 10.2. The van der Waals surface area contributed by atoms with Crippen molar-refractivity contribution in [3.63, 3.8) is 0 Å². The minimum atomic E-state index is -0.684. The van der Waals surface area contributed by atoms with Gasteiger partial charge < -0.3 is 15.7 Å². The lowest BCUT2D eigenvalue weighted by Crippen LogP contribution is -2.36. The predicted octanol–water partition coefficient (Wildman–Crippen LogP) is 1.97. The Bertz CT molecular complexity index is 477. The standard InChI is InChI=1S/C14H19BrN2O3/c1-10-5-6-12(11(15)9-10)17-14(20)13(19)16-7-3-2-4-8-18/h5-6,9,18H,2-4,7-8H2,1H3,(H,16,19)(H,17,20). The number of aryl methyl sites for hydroxylation is 1. The first-order valence-electron chi connectivity index (χ1n) is 6.51. The first-order valence-corrected chi connectivity index (χ1v) is 7.30. The molecule has 0 atom stereocenters. The van der Waals surface area contributed by atoms with Gasteiger partial charge in [0.25, 0.3) is 0 Å². The molecular weight excluding hydrogens is 324 g/mol. The van der Waals surface area contributed by atoms with Crippen LogP contribution in [0.1, 0.15) is 24.8 Å². The monoisotopic (exact) mass is 342 g/mol. The van der Waals surface area contributed by atoms with Crippen LogP contribution in [0, 0.1) is 6.92 Å². The lowest BCUT2D eigenvalue weighted by Gasteiger charge is -2.08. The van der Waals surface area contributed by atoms with Crippen LogP contribution in [0.3, 0.4) is 0 Å². The van der Waals surface area contributed by atoms with Crippen LogP contribution in [0.15, 0.2) is 22.7 Å². The summed E-state index contributed by atoms with van der Waals surface area (Å²) in [5, 5.41) is 13.7. The molecule has 3 N–H and O–H groups in total. The second-order valence-electron chi connectivity index (χ2n) is 4.48. The van der Waals surface area contributed by atoms with Gasteiger partial charge in [-0.25, -0.2) is 0 Å². The van der Waals surface area contributed by atoms with Gasteiger partial charge in [-0.05, 0) is 59.8 Å². The molecular formula is C14H19BrN2O3. The van der Waals surface area contributed by atoms with Gasteiger partial charge in [0, 0.05) is 17.6 Å². The van der Waals surface area contributed by atoms with E-state index in [1.54, 1.807) is 6.07 Å². The molecule has 1 aromatic rings. The predicted molar refractivity (Wildman–Crippen MR) is 81.5 cm³/mol. The van der Waals surface area contributed by atoms with E-state index in [1.165, 1.54) is 0 Å². The van der Waals surface area contributed by atoms with Gasteiger partial charge in [-0.3, -0.25) is 9.59 Å². The highest BCUT2D eigenvalue weighted by Gasteiger charge is 2.14. The number of aliphatic hydroxyl groups excluding tert-OH is 1.